The minimum atomic E-state index is 0.0653. The molecular weight excluding hydrogens is 172 g/mol. The Kier molecular flexibility index (Phi) is 1.45. The normalized spacial score (nSPS) is 39.1. The Morgan fingerprint density at radius 2 is 1.79 bits per heavy atom. The predicted molar refractivity (Wildman–Crippen MR) is 55.1 cm³/mol. The Labute approximate surface area is 84.1 Å². The van der Waals surface area contributed by atoms with Gasteiger partial charge in [-0.15, -0.1) is 0 Å². The van der Waals surface area contributed by atoms with Crippen LogP contribution in [0.1, 0.15) is 31.2 Å². The van der Waals surface area contributed by atoms with E-state index in [4.69, 9.17) is 0 Å². The van der Waals surface area contributed by atoms with Crippen molar-refractivity contribution < 1.29 is 4.79 Å². The summed E-state index contributed by atoms with van der Waals surface area (Å²) in [4.78, 5) is 10.9. The molecule has 0 aliphatic heterocycles. The summed E-state index contributed by atoms with van der Waals surface area (Å²) >= 11 is 0. The zero-order valence-corrected chi connectivity index (χ0v) is 8.20. The molecular formula is C13H14O. The number of hydrogen-bond donors (Lipinski definition) is 0. The zero-order valence-electron chi connectivity index (χ0n) is 8.20. The third-order valence-electron chi connectivity index (χ3n) is 4.12. The second-order valence-corrected chi connectivity index (χ2v) is 4.98. The van der Waals surface area contributed by atoms with E-state index in [0.29, 0.717) is 5.41 Å². The van der Waals surface area contributed by atoms with E-state index in [2.05, 4.69) is 30.3 Å². The van der Waals surface area contributed by atoms with E-state index < -0.39 is 0 Å². The van der Waals surface area contributed by atoms with Crippen molar-refractivity contribution in [3.8, 4) is 0 Å². The van der Waals surface area contributed by atoms with E-state index in [9.17, 15) is 4.79 Å². The Morgan fingerprint density at radius 1 is 1.07 bits per heavy atom. The van der Waals surface area contributed by atoms with Gasteiger partial charge in [0.25, 0.3) is 0 Å². The van der Waals surface area contributed by atoms with Crippen LogP contribution in [0.2, 0.25) is 0 Å². The van der Waals surface area contributed by atoms with Crippen LogP contribution in [0.3, 0.4) is 0 Å². The van der Waals surface area contributed by atoms with Crippen molar-refractivity contribution in [1.29, 1.82) is 0 Å². The molecule has 0 N–H and O–H groups in total. The maximum Gasteiger partial charge on any atom is 0.126 e. The van der Waals surface area contributed by atoms with Gasteiger partial charge in [0.15, 0.2) is 0 Å². The van der Waals surface area contributed by atoms with Crippen molar-refractivity contribution >= 4 is 6.29 Å². The molecule has 4 rings (SSSR count). The number of hydrogen-bond acceptors (Lipinski definition) is 1. The molecule has 0 spiro atoms. The number of carbonyl (C=O) groups excluding carboxylic acids is 1. The highest BCUT2D eigenvalue weighted by Gasteiger charge is 2.61. The Balaban J connectivity index is 1.94. The quantitative estimate of drug-likeness (QED) is 0.649. The van der Waals surface area contributed by atoms with Gasteiger partial charge in [-0.25, -0.2) is 0 Å². The summed E-state index contributed by atoms with van der Waals surface area (Å²) in [7, 11) is 0. The fraction of sp³-hybridized carbons (Fsp3) is 0.462. The minimum Gasteiger partial charge on any atom is -0.303 e. The third-order valence-corrected chi connectivity index (χ3v) is 4.12. The van der Waals surface area contributed by atoms with Crippen molar-refractivity contribution in [3.05, 3.63) is 35.9 Å². The Hall–Kier alpha value is -1.11. The summed E-state index contributed by atoms with van der Waals surface area (Å²) in [6.07, 6.45) is 5.68. The van der Waals surface area contributed by atoms with Crippen LogP contribution in [0.25, 0.3) is 0 Å². The number of aldehydes is 1. The monoisotopic (exact) mass is 186 g/mol. The van der Waals surface area contributed by atoms with Crippen molar-refractivity contribution in [3.63, 3.8) is 0 Å². The molecule has 0 unspecified atom stereocenters. The van der Waals surface area contributed by atoms with Gasteiger partial charge in [0.05, 0.1) is 0 Å². The van der Waals surface area contributed by atoms with Crippen LogP contribution < -0.4 is 0 Å². The lowest BCUT2D eigenvalue weighted by molar-refractivity contribution is -0.120. The first-order chi connectivity index (χ1) is 6.79. The summed E-state index contributed by atoms with van der Waals surface area (Å²) in [5, 5.41) is 0. The van der Waals surface area contributed by atoms with Gasteiger partial charge >= 0.3 is 0 Å². The Morgan fingerprint density at radius 3 is 2.36 bits per heavy atom. The predicted octanol–water partition coefficient (Wildman–Crippen LogP) is 2.70. The lowest BCUT2D eigenvalue weighted by atomic mass is 9.58. The lowest BCUT2D eigenvalue weighted by Gasteiger charge is -2.44. The standard InChI is InChI=1S/C13H14O/c14-10-12-6-7-13(8-12,9-12)11-4-2-1-3-5-11/h1-5,10H,6-9H2. The highest BCUT2D eigenvalue weighted by atomic mass is 16.1. The highest BCUT2D eigenvalue weighted by Crippen LogP contribution is 2.66. The second kappa shape index (κ2) is 2.47. The molecule has 3 fully saturated rings. The van der Waals surface area contributed by atoms with Crippen LogP contribution >= 0.6 is 0 Å². The Bertz CT molecular complexity index is 360. The average Bonchev–Trinajstić information content (AvgIpc) is 2.74. The van der Waals surface area contributed by atoms with Crippen molar-refractivity contribution in [1.82, 2.24) is 0 Å². The van der Waals surface area contributed by atoms with Crippen molar-refractivity contribution in [2.24, 2.45) is 5.41 Å². The van der Waals surface area contributed by atoms with Gasteiger partial charge in [-0.2, -0.15) is 0 Å². The molecule has 3 aliphatic carbocycles. The molecule has 0 heterocycles. The van der Waals surface area contributed by atoms with E-state index in [-0.39, 0.29) is 5.41 Å². The van der Waals surface area contributed by atoms with Crippen molar-refractivity contribution in [2.45, 2.75) is 31.1 Å². The van der Waals surface area contributed by atoms with E-state index in [0.717, 1.165) is 19.3 Å². The molecule has 72 valence electrons. The molecule has 0 saturated heterocycles. The molecule has 1 aromatic rings. The SMILES string of the molecule is O=CC12CCC(c3ccccc3)(C1)C2. The molecule has 1 aromatic carbocycles. The molecule has 0 atom stereocenters. The first-order valence-corrected chi connectivity index (χ1v) is 5.31. The van der Waals surface area contributed by atoms with Gasteiger partial charge in [0.2, 0.25) is 0 Å². The van der Waals surface area contributed by atoms with Crippen LogP contribution in [0, 0.1) is 5.41 Å². The zero-order chi connectivity index (χ0) is 9.65. The average molecular weight is 186 g/mol. The van der Waals surface area contributed by atoms with Gasteiger partial charge in [-0.05, 0) is 36.7 Å². The van der Waals surface area contributed by atoms with E-state index in [1.54, 1.807) is 0 Å². The fourth-order valence-corrected chi connectivity index (χ4v) is 3.42. The smallest absolute Gasteiger partial charge is 0.126 e. The van der Waals surface area contributed by atoms with Gasteiger partial charge in [0.1, 0.15) is 6.29 Å². The van der Waals surface area contributed by atoms with Gasteiger partial charge in [-0.1, -0.05) is 30.3 Å². The fourth-order valence-electron chi connectivity index (χ4n) is 3.42. The van der Waals surface area contributed by atoms with E-state index >= 15 is 0 Å². The molecule has 3 saturated carbocycles. The van der Waals surface area contributed by atoms with Gasteiger partial charge in [-0.3, -0.25) is 0 Å². The van der Waals surface area contributed by atoms with E-state index in [1.165, 1.54) is 18.3 Å². The molecule has 0 amide bonds. The summed E-state index contributed by atoms with van der Waals surface area (Å²) in [5.41, 5.74) is 1.87. The van der Waals surface area contributed by atoms with Gasteiger partial charge < -0.3 is 4.79 Å². The molecule has 0 aromatic heterocycles. The summed E-state index contributed by atoms with van der Waals surface area (Å²) in [5.74, 6) is 0. The first kappa shape index (κ1) is 8.22. The first-order valence-electron chi connectivity index (χ1n) is 5.31. The topological polar surface area (TPSA) is 17.1 Å². The molecule has 14 heavy (non-hydrogen) atoms. The van der Waals surface area contributed by atoms with Crippen LogP contribution in [0.15, 0.2) is 30.3 Å². The third kappa shape index (κ3) is 0.875. The molecule has 2 bridgehead atoms. The number of benzene rings is 1. The number of carbonyl (C=O) groups is 1. The van der Waals surface area contributed by atoms with Crippen LogP contribution in [-0.4, -0.2) is 6.29 Å². The van der Waals surface area contributed by atoms with Crippen LogP contribution in [-0.2, 0) is 10.2 Å². The maximum absolute atomic E-state index is 10.9. The summed E-state index contributed by atoms with van der Waals surface area (Å²) < 4.78 is 0. The van der Waals surface area contributed by atoms with Crippen LogP contribution in [0.4, 0.5) is 0 Å². The maximum atomic E-state index is 10.9. The minimum absolute atomic E-state index is 0.0653. The van der Waals surface area contributed by atoms with Crippen LogP contribution in [0.5, 0.6) is 0 Å². The van der Waals surface area contributed by atoms with Gasteiger partial charge in [0, 0.05) is 5.41 Å². The second-order valence-electron chi connectivity index (χ2n) is 4.98. The lowest BCUT2D eigenvalue weighted by Crippen LogP contribution is -2.41. The number of rotatable bonds is 2. The molecule has 3 aliphatic rings. The summed E-state index contributed by atoms with van der Waals surface area (Å²) in [6, 6.07) is 10.7. The highest BCUT2D eigenvalue weighted by molar-refractivity contribution is 5.65. The van der Waals surface area contributed by atoms with E-state index in [1.807, 2.05) is 0 Å². The largest absolute Gasteiger partial charge is 0.303 e. The molecule has 0 radical (unpaired) electrons. The molecule has 1 heteroatoms. The van der Waals surface area contributed by atoms with Crippen molar-refractivity contribution in [2.75, 3.05) is 0 Å². The summed E-state index contributed by atoms with van der Waals surface area (Å²) in [6.45, 7) is 0. The molecule has 1 nitrogen and oxygen atoms in total. The number of fused-ring (bicyclic) bond motifs is 1.